The topological polar surface area (TPSA) is 73.6 Å². The van der Waals surface area contributed by atoms with Crippen molar-refractivity contribution in [3.8, 4) is 0 Å². The summed E-state index contributed by atoms with van der Waals surface area (Å²) in [6.07, 6.45) is 0. The van der Waals surface area contributed by atoms with Gasteiger partial charge in [0.1, 0.15) is 5.69 Å². The third kappa shape index (κ3) is 2.27. The molecule has 0 atom stereocenters. The number of carbonyl (C=O) groups excluding carboxylic acids is 1. The third-order valence-electron chi connectivity index (χ3n) is 3.45. The summed E-state index contributed by atoms with van der Waals surface area (Å²) in [5, 5.41) is 3.75. The van der Waals surface area contributed by atoms with Gasteiger partial charge in [0, 0.05) is 15.4 Å². The number of rotatable bonds is 2. The molecule has 0 fully saturated rings. The number of nitrogens with one attached hydrogen (secondary N) is 3. The molecule has 0 spiro atoms. The first-order chi connectivity index (χ1) is 10.7. The molecule has 0 aliphatic heterocycles. The predicted octanol–water partition coefficient (Wildman–Crippen LogP) is 4.06. The van der Waals surface area contributed by atoms with Crippen molar-refractivity contribution in [2.75, 3.05) is 5.32 Å². The average molecular weight is 355 g/mol. The summed E-state index contributed by atoms with van der Waals surface area (Å²) < 4.78 is 0.975. The number of anilines is 1. The Morgan fingerprint density at radius 1 is 1.05 bits per heavy atom. The maximum atomic E-state index is 12.3. The Hall–Kier alpha value is -2.60. The largest absolute Gasteiger partial charge is 0.351 e. The van der Waals surface area contributed by atoms with E-state index < -0.39 is 0 Å². The molecule has 0 radical (unpaired) electrons. The molecule has 0 saturated heterocycles. The molecule has 0 saturated carbocycles. The van der Waals surface area contributed by atoms with Crippen LogP contribution in [0.1, 0.15) is 10.5 Å². The van der Waals surface area contributed by atoms with E-state index in [9.17, 15) is 4.79 Å². The van der Waals surface area contributed by atoms with Gasteiger partial charge in [-0.3, -0.25) is 10.1 Å². The van der Waals surface area contributed by atoms with Crippen molar-refractivity contribution in [2.24, 2.45) is 0 Å². The summed E-state index contributed by atoms with van der Waals surface area (Å²) in [4.78, 5) is 22.8. The van der Waals surface area contributed by atoms with Crippen molar-refractivity contribution in [1.29, 1.82) is 0 Å². The van der Waals surface area contributed by atoms with E-state index >= 15 is 0 Å². The van der Waals surface area contributed by atoms with Gasteiger partial charge < -0.3 is 9.97 Å². The highest BCUT2D eigenvalue weighted by molar-refractivity contribution is 9.10. The van der Waals surface area contributed by atoms with Gasteiger partial charge in [0.25, 0.3) is 5.91 Å². The Bertz CT molecular complexity index is 969. The fraction of sp³-hybridized carbons (Fsp3) is 0. The molecule has 2 heterocycles. The van der Waals surface area contributed by atoms with Gasteiger partial charge in [-0.25, -0.2) is 4.98 Å². The number of para-hydroxylation sites is 2. The first-order valence-corrected chi connectivity index (χ1v) is 7.53. The average Bonchev–Trinajstić information content (AvgIpc) is 3.09. The SMILES string of the molecule is O=C(Nc1nc2ccccc2[nH]1)c1cc2cc(Br)ccc2[nH]1. The summed E-state index contributed by atoms with van der Waals surface area (Å²) in [7, 11) is 0. The van der Waals surface area contributed by atoms with Gasteiger partial charge >= 0.3 is 0 Å². The lowest BCUT2D eigenvalue weighted by Crippen LogP contribution is -2.13. The number of aromatic nitrogens is 3. The maximum Gasteiger partial charge on any atom is 0.274 e. The Balaban J connectivity index is 1.65. The first kappa shape index (κ1) is 13.1. The molecule has 22 heavy (non-hydrogen) atoms. The zero-order valence-electron chi connectivity index (χ0n) is 11.4. The summed E-state index contributed by atoms with van der Waals surface area (Å²) in [6, 6.07) is 15.3. The fourth-order valence-electron chi connectivity index (χ4n) is 2.41. The van der Waals surface area contributed by atoms with Crippen LogP contribution in [-0.4, -0.2) is 20.9 Å². The molecular formula is C16H11BrN4O. The highest BCUT2D eigenvalue weighted by Crippen LogP contribution is 2.21. The lowest BCUT2D eigenvalue weighted by atomic mass is 10.2. The highest BCUT2D eigenvalue weighted by Gasteiger charge is 2.12. The molecule has 0 aliphatic rings. The van der Waals surface area contributed by atoms with Crippen molar-refractivity contribution < 1.29 is 4.79 Å². The van der Waals surface area contributed by atoms with Crippen LogP contribution in [0.2, 0.25) is 0 Å². The second kappa shape index (κ2) is 4.99. The Morgan fingerprint density at radius 3 is 2.77 bits per heavy atom. The van der Waals surface area contributed by atoms with E-state index in [4.69, 9.17) is 0 Å². The number of nitrogens with zero attached hydrogens (tertiary/aromatic N) is 1. The molecular weight excluding hydrogens is 344 g/mol. The zero-order chi connectivity index (χ0) is 15.1. The number of hydrogen-bond acceptors (Lipinski definition) is 2. The minimum absolute atomic E-state index is 0.230. The zero-order valence-corrected chi connectivity index (χ0v) is 12.9. The molecule has 2 aromatic heterocycles. The molecule has 108 valence electrons. The number of benzene rings is 2. The van der Waals surface area contributed by atoms with Crippen molar-refractivity contribution >= 4 is 49.7 Å². The van der Waals surface area contributed by atoms with Crippen LogP contribution in [0.25, 0.3) is 21.9 Å². The van der Waals surface area contributed by atoms with Crippen molar-refractivity contribution in [3.05, 3.63) is 58.7 Å². The molecule has 2 aromatic carbocycles. The highest BCUT2D eigenvalue weighted by atomic mass is 79.9. The number of carbonyl (C=O) groups is 1. The number of halogens is 1. The first-order valence-electron chi connectivity index (χ1n) is 6.73. The van der Waals surface area contributed by atoms with Crippen molar-refractivity contribution in [2.45, 2.75) is 0 Å². The molecule has 4 aromatic rings. The van der Waals surface area contributed by atoms with E-state index in [1.54, 1.807) is 0 Å². The molecule has 3 N–H and O–H groups in total. The number of aromatic amines is 2. The van der Waals surface area contributed by atoms with Gasteiger partial charge in [-0.05, 0) is 36.4 Å². The quantitative estimate of drug-likeness (QED) is 0.507. The minimum atomic E-state index is -0.230. The predicted molar refractivity (Wildman–Crippen MR) is 90.0 cm³/mol. The van der Waals surface area contributed by atoms with Crippen LogP contribution in [0.5, 0.6) is 0 Å². The number of hydrogen-bond donors (Lipinski definition) is 3. The molecule has 6 heteroatoms. The number of imidazole rings is 1. The van der Waals surface area contributed by atoms with Crippen molar-refractivity contribution in [1.82, 2.24) is 15.0 Å². The van der Waals surface area contributed by atoms with E-state index in [0.29, 0.717) is 11.6 Å². The Morgan fingerprint density at radius 2 is 1.91 bits per heavy atom. The van der Waals surface area contributed by atoms with Crippen molar-refractivity contribution in [3.63, 3.8) is 0 Å². The standard InChI is InChI=1S/C16H11BrN4O/c17-10-5-6-11-9(7-10)8-14(18-11)15(22)21-16-19-12-3-1-2-4-13(12)20-16/h1-8,18H,(H2,19,20,21,22). The summed E-state index contributed by atoms with van der Waals surface area (Å²) in [5.41, 5.74) is 3.11. The Kier molecular flexibility index (Phi) is 2.97. The van der Waals surface area contributed by atoms with Crippen LogP contribution in [-0.2, 0) is 0 Å². The fourth-order valence-corrected chi connectivity index (χ4v) is 2.79. The molecule has 4 rings (SSSR count). The molecule has 1 amide bonds. The van der Waals surface area contributed by atoms with E-state index in [1.807, 2.05) is 48.5 Å². The van der Waals surface area contributed by atoms with Gasteiger partial charge in [-0.1, -0.05) is 28.1 Å². The lowest BCUT2D eigenvalue weighted by Gasteiger charge is -1.98. The molecule has 5 nitrogen and oxygen atoms in total. The molecule has 0 aliphatic carbocycles. The van der Waals surface area contributed by atoms with E-state index in [-0.39, 0.29) is 5.91 Å². The minimum Gasteiger partial charge on any atom is -0.351 e. The molecule has 0 unspecified atom stereocenters. The van der Waals surface area contributed by atoms with Gasteiger partial charge in [0.05, 0.1) is 11.0 Å². The van der Waals surface area contributed by atoms with Crippen LogP contribution in [0, 0.1) is 0 Å². The van der Waals surface area contributed by atoms with Crippen LogP contribution in [0.3, 0.4) is 0 Å². The second-order valence-corrected chi connectivity index (χ2v) is 5.89. The summed E-state index contributed by atoms with van der Waals surface area (Å²) >= 11 is 3.42. The van der Waals surface area contributed by atoms with Gasteiger partial charge in [0.2, 0.25) is 5.95 Å². The van der Waals surface area contributed by atoms with E-state index in [1.165, 1.54) is 0 Å². The summed E-state index contributed by atoms with van der Waals surface area (Å²) in [6.45, 7) is 0. The molecule has 0 bridgehead atoms. The smallest absolute Gasteiger partial charge is 0.274 e. The Labute approximate surface area is 133 Å². The normalized spacial score (nSPS) is 11.1. The van der Waals surface area contributed by atoms with Gasteiger partial charge in [-0.2, -0.15) is 0 Å². The third-order valence-corrected chi connectivity index (χ3v) is 3.94. The van der Waals surface area contributed by atoms with Crippen LogP contribution < -0.4 is 5.32 Å². The van der Waals surface area contributed by atoms with Crippen LogP contribution >= 0.6 is 15.9 Å². The van der Waals surface area contributed by atoms with E-state index in [2.05, 4.69) is 36.2 Å². The van der Waals surface area contributed by atoms with Gasteiger partial charge in [0.15, 0.2) is 0 Å². The van der Waals surface area contributed by atoms with Gasteiger partial charge in [-0.15, -0.1) is 0 Å². The maximum absolute atomic E-state index is 12.3. The van der Waals surface area contributed by atoms with E-state index in [0.717, 1.165) is 26.4 Å². The van der Waals surface area contributed by atoms with Crippen LogP contribution in [0.15, 0.2) is 53.0 Å². The number of fused-ring (bicyclic) bond motifs is 2. The number of amides is 1. The van der Waals surface area contributed by atoms with Crippen LogP contribution in [0.4, 0.5) is 5.95 Å². The lowest BCUT2D eigenvalue weighted by molar-refractivity contribution is 0.102. The second-order valence-electron chi connectivity index (χ2n) is 4.97. The monoisotopic (exact) mass is 354 g/mol. The number of H-pyrrole nitrogens is 2. The summed E-state index contributed by atoms with van der Waals surface area (Å²) in [5.74, 6) is 0.206.